The standard InChI is InChI=1S/2C18H36O2.Hg/c2*1-2-3-4-5-6-7-8-9-10-11-12-13-14-15-16-17-18(19)20;/h2*2-17H2,1H3,(H,19,20);. The summed E-state index contributed by atoms with van der Waals surface area (Å²) >= 11 is 0. The molecule has 0 aliphatic rings. The van der Waals surface area contributed by atoms with E-state index >= 15 is 0 Å². The SMILES string of the molecule is CCCCCCCCCCCCCCCCCC(=O)O.CCCCCCCCCCCCCCCCCC(=O)O.[Hg]. The molecule has 0 aliphatic heterocycles. The number of aliphatic carboxylic acids is 2. The van der Waals surface area contributed by atoms with Crippen molar-refractivity contribution in [3.63, 3.8) is 0 Å². The van der Waals surface area contributed by atoms with Crippen LogP contribution in [0.15, 0.2) is 0 Å². The van der Waals surface area contributed by atoms with Crippen molar-refractivity contribution in [1.82, 2.24) is 0 Å². The first-order chi connectivity index (χ1) is 19.5. The Hall–Kier alpha value is -0.125. The predicted octanol–water partition coefficient (Wildman–Crippen LogP) is 12.7. The van der Waals surface area contributed by atoms with Crippen LogP contribution in [0.2, 0.25) is 0 Å². The van der Waals surface area contributed by atoms with E-state index in [0.717, 1.165) is 25.7 Å². The van der Waals surface area contributed by atoms with Crippen molar-refractivity contribution in [2.45, 2.75) is 219 Å². The molecule has 0 atom stereocenters. The summed E-state index contributed by atoms with van der Waals surface area (Å²) in [6, 6.07) is 0. The van der Waals surface area contributed by atoms with Crippen molar-refractivity contribution in [3.8, 4) is 0 Å². The van der Waals surface area contributed by atoms with Gasteiger partial charge in [0.15, 0.2) is 0 Å². The second-order valence-electron chi connectivity index (χ2n) is 12.2. The Bertz CT molecular complexity index is 454. The Labute approximate surface area is 277 Å². The van der Waals surface area contributed by atoms with Crippen LogP contribution in [0.3, 0.4) is 0 Å². The second-order valence-corrected chi connectivity index (χ2v) is 12.2. The van der Waals surface area contributed by atoms with Gasteiger partial charge in [-0.3, -0.25) is 9.59 Å². The summed E-state index contributed by atoms with van der Waals surface area (Å²) in [6.45, 7) is 4.54. The van der Waals surface area contributed by atoms with Gasteiger partial charge in [-0.2, -0.15) is 0 Å². The maximum absolute atomic E-state index is 10.3. The fourth-order valence-corrected chi connectivity index (χ4v) is 5.30. The van der Waals surface area contributed by atoms with E-state index in [1.165, 1.54) is 167 Å². The minimum absolute atomic E-state index is 0. The molecule has 0 amide bonds. The average molecular weight is 770 g/mol. The molecule has 5 heteroatoms. The Morgan fingerprint density at radius 3 is 0.610 bits per heavy atom. The Morgan fingerprint density at radius 1 is 0.317 bits per heavy atom. The molecular weight excluding hydrogens is 697 g/mol. The van der Waals surface area contributed by atoms with Crippen molar-refractivity contribution in [2.24, 2.45) is 0 Å². The van der Waals surface area contributed by atoms with E-state index in [-0.39, 0.29) is 27.7 Å². The summed E-state index contributed by atoms with van der Waals surface area (Å²) in [5.74, 6) is -1.31. The van der Waals surface area contributed by atoms with E-state index in [4.69, 9.17) is 10.2 Å². The molecular formula is C36H72HgO4. The van der Waals surface area contributed by atoms with Gasteiger partial charge in [0.05, 0.1) is 0 Å². The molecule has 0 fully saturated rings. The Morgan fingerprint density at radius 2 is 0.463 bits per heavy atom. The quantitative estimate of drug-likeness (QED) is 0.0528. The molecule has 0 heterocycles. The summed E-state index contributed by atoms with van der Waals surface area (Å²) in [7, 11) is 0. The maximum atomic E-state index is 10.3. The maximum Gasteiger partial charge on any atom is 0.303 e. The van der Waals surface area contributed by atoms with Crippen molar-refractivity contribution in [2.75, 3.05) is 0 Å². The van der Waals surface area contributed by atoms with Crippen LogP contribution in [0.1, 0.15) is 219 Å². The van der Waals surface area contributed by atoms with Crippen LogP contribution in [0, 0.1) is 0 Å². The van der Waals surface area contributed by atoms with Gasteiger partial charge in [-0.05, 0) is 12.8 Å². The minimum atomic E-state index is -0.653. The molecule has 0 aromatic carbocycles. The number of carboxylic acid groups (broad SMARTS) is 2. The topological polar surface area (TPSA) is 74.6 Å². The largest absolute Gasteiger partial charge is 0.481 e. The molecule has 4 nitrogen and oxygen atoms in total. The van der Waals surface area contributed by atoms with Crippen molar-refractivity contribution in [1.29, 1.82) is 0 Å². The number of unbranched alkanes of at least 4 members (excludes halogenated alkanes) is 28. The third-order valence-corrected chi connectivity index (χ3v) is 7.99. The summed E-state index contributed by atoms with van der Waals surface area (Å²) in [5, 5.41) is 17.0. The number of carbonyl (C=O) groups is 2. The van der Waals surface area contributed by atoms with Crippen LogP contribution in [-0.4, -0.2) is 22.2 Å². The van der Waals surface area contributed by atoms with Crippen LogP contribution >= 0.6 is 0 Å². The Kier molecular flexibility index (Phi) is 46.4. The number of rotatable bonds is 32. The van der Waals surface area contributed by atoms with E-state index in [9.17, 15) is 9.59 Å². The van der Waals surface area contributed by atoms with Crippen LogP contribution < -0.4 is 0 Å². The molecule has 0 bridgehead atoms. The first-order valence-electron chi connectivity index (χ1n) is 18.0. The van der Waals surface area contributed by atoms with Gasteiger partial charge < -0.3 is 10.2 Å². The fraction of sp³-hybridized carbons (Fsp3) is 0.944. The number of hydrogen-bond acceptors (Lipinski definition) is 2. The summed E-state index contributed by atoms with van der Waals surface area (Å²) < 4.78 is 0. The molecule has 0 saturated heterocycles. The first-order valence-corrected chi connectivity index (χ1v) is 18.0. The van der Waals surface area contributed by atoms with Gasteiger partial charge >= 0.3 is 11.9 Å². The third-order valence-electron chi connectivity index (χ3n) is 7.99. The zero-order valence-corrected chi connectivity index (χ0v) is 33.5. The van der Waals surface area contributed by atoms with Crippen molar-refractivity contribution < 1.29 is 47.5 Å². The monoisotopic (exact) mass is 771 g/mol. The molecule has 0 unspecified atom stereocenters. The first kappa shape index (κ1) is 45.3. The van der Waals surface area contributed by atoms with E-state index in [1.54, 1.807) is 0 Å². The molecule has 0 radical (unpaired) electrons. The Balaban J connectivity index is -0.000000688. The van der Waals surface area contributed by atoms with Crippen LogP contribution in [0.4, 0.5) is 0 Å². The predicted molar refractivity (Wildman–Crippen MR) is 174 cm³/mol. The molecule has 242 valence electrons. The van der Waals surface area contributed by atoms with Gasteiger partial charge in [-0.25, -0.2) is 0 Å². The van der Waals surface area contributed by atoms with Gasteiger partial charge in [0, 0.05) is 40.5 Å². The average Bonchev–Trinajstić information content (AvgIpc) is 2.93. The summed E-state index contributed by atoms with van der Waals surface area (Å²) in [5.41, 5.74) is 0. The fourth-order valence-electron chi connectivity index (χ4n) is 5.30. The van der Waals surface area contributed by atoms with Crippen molar-refractivity contribution >= 4 is 11.9 Å². The van der Waals surface area contributed by atoms with Gasteiger partial charge in [-0.15, -0.1) is 0 Å². The number of carboxylic acids is 2. The molecule has 0 aromatic rings. The van der Waals surface area contributed by atoms with Gasteiger partial charge in [0.2, 0.25) is 0 Å². The molecule has 0 spiro atoms. The van der Waals surface area contributed by atoms with Crippen molar-refractivity contribution in [3.05, 3.63) is 0 Å². The second kappa shape index (κ2) is 42.0. The van der Waals surface area contributed by atoms with Gasteiger partial charge in [0.1, 0.15) is 0 Å². The molecule has 2 N–H and O–H groups in total. The molecule has 41 heavy (non-hydrogen) atoms. The smallest absolute Gasteiger partial charge is 0.303 e. The van der Waals surface area contributed by atoms with E-state index in [0.29, 0.717) is 12.8 Å². The molecule has 0 rings (SSSR count). The van der Waals surface area contributed by atoms with Gasteiger partial charge in [-0.1, -0.05) is 194 Å². The van der Waals surface area contributed by atoms with Crippen LogP contribution in [-0.2, 0) is 37.3 Å². The third kappa shape index (κ3) is 49.8. The summed E-state index contributed by atoms with van der Waals surface area (Å²) in [4.78, 5) is 20.7. The molecule has 0 aliphatic carbocycles. The zero-order chi connectivity index (χ0) is 29.8. The molecule has 0 aromatic heterocycles. The summed E-state index contributed by atoms with van der Waals surface area (Å²) in [6.07, 6.45) is 40.4. The van der Waals surface area contributed by atoms with Crippen LogP contribution in [0.25, 0.3) is 0 Å². The minimum Gasteiger partial charge on any atom is -0.481 e. The van der Waals surface area contributed by atoms with Crippen LogP contribution in [0.5, 0.6) is 0 Å². The van der Waals surface area contributed by atoms with E-state index in [2.05, 4.69) is 13.8 Å². The van der Waals surface area contributed by atoms with E-state index < -0.39 is 11.9 Å². The molecule has 0 saturated carbocycles. The van der Waals surface area contributed by atoms with Gasteiger partial charge in [0.25, 0.3) is 0 Å². The zero-order valence-electron chi connectivity index (χ0n) is 28.0. The normalized spacial score (nSPS) is 10.6. The van der Waals surface area contributed by atoms with E-state index in [1.807, 2.05) is 0 Å². The number of hydrogen-bond donors (Lipinski definition) is 2.